The number of ether oxygens (including phenoxy) is 1. The topological polar surface area (TPSA) is 35.2 Å². The highest BCUT2D eigenvalue weighted by molar-refractivity contribution is 9.10. The molecule has 15 heavy (non-hydrogen) atoms. The van der Waals surface area contributed by atoms with Crippen LogP contribution in [0.4, 0.5) is 0 Å². The van der Waals surface area contributed by atoms with Crippen LogP contribution in [0.5, 0.6) is 5.75 Å². The van der Waals surface area contributed by atoms with E-state index in [1.165, 1.54) is 0 Å². The van der Waals surface area contributed by atoms with Crippen LogP contribution in [0.15, 0.2) is 22.7 Å². The van der Waals surface area contributed by atoms with Gasteiger partial charge < -0.3 is 10.5 Å². The highest BCUT2D eigenvalue weighted by Gasteiger charge is 2.39. The highest BCUT2D eigenvalue weighted by Crippen LogP contribution is 2.34. The molecule has 1 aliphatic carbocycles. The van der Waals surface area contributed by atoms with Gasteiger partial charge in [-0.2, -0.15) is 0 Å². The van der Waals surface area contributed by atoms with Gasteiger partial charge in [-0.05, 0) is 47.0 Å². The molecular weight excluding hydrogens is 301 g/mol. The summed E-state index contributed by atoms with van der Waals surface area (Å²) >= 11 is 9.19. The smallest absolute Gasteiger partial charge is 0.133 e. The molecule has 0 unspecified atom stereocenters. The van der Waals surface area contributed by atoms with E-state index in [0.717, 1.165) is 23.1 Å². The van der Waals surface area contributed by atoms with Crippen molar-refractivity contribution in [2.75, 3.05) is 6.61 Å². The van der Waals surface area contributed by atoms with E-state index >= 15 is 0 Å². The van der Waals surface area contributed by atoms with Gasteiger partial charge in [0, 0.05) is 5.02 Å². The fraction of sp³-hybridized carbons (Fsp3) is 0.400. The van der Waals surface area contributed by atoms with E-state index in [9.17, 15) is 0 Å². The van der Waals surface area contributed by atoms with Gasteiger partial charge >= 0.3 is 0 Å². The van der Waals surface area contributed by atoms with Crippen LogP contribution in [-0.2, 0) is 0 Å². The molecule has 84 valence electrons. The molecule has 0 spiro atoms. The van der Waals surface area contributed by atoms with Crippen molar-refractivity contribution in [3.05, 3.63) is 27.7 Å². The zero-order valence-electron chi connectivity index (χ0n) is 8.00. The van der Waals surface area contributed by atoms with Gasteiger partial charge in [-0.15, -0.1) is 12.4 Å². The molecule has 1 aromatic rings. The first-order chi connectivity index (χ1) is 6.59. The summed E-state index contributed by atoms with van der Waals surface area (Å²) in [5.74, 6) is 0.797. The molecular formula is C10H12BrCl2NO. The lowest BCUT2D eigenvalue weighted by atomic mass is 10.3. The Morgan fingerprint density at radius 2 is 2.13 bits per heavy atom. The average Bonchev–Trinajstić information content (AvgIpc) is 2.83. The van der Waals surface area contributed by atoms with Crippen LogP contribution in [0, 0.1) is 0 Å². The van der Waals surface area contributed by atoms with Crippen molar-refractivity contribution >= 4 is 39.9 Å². The third-order valence-corrected chi connectivity index (χ3v) is 3.16. The van der Waals surface area contributed by atoms with Crippen LogP contribution in [-0.4, -0.2) is 12.1 Å². The monoisotopic (exact) mass is 311 g/mol. The Kier molecular flexibility index (Phi) is 4.29. The van der Waals surface area contributed by atoms with Crippen molar-refractivity contribution in [1.29, 1.82) is 0 Å². The summed E-state index contributed by atoms with van der Waals surface area (Å²) in [7, 11) is 0. The number of halogens is 3. The maximum atomic E-state index is 5.91. The molecule has 2 N–H and O–H groups in total. The Hall–Kier alpha value is 0.0400. The molecule has 0 atom stereocenters. The van der Waals surface area contributed by atoms with E-state index in [-0.39, 0.29) is 17.9 Å². The number of hydrogen-bond donors (Lipinski definition) is 1. The molecule has 0 aliphatic heterocycles. The second kappa shape index (κ2) is 4.91. The molecule has 1 aromatic carbocycles. The lowest BCUT2D eigenvalue weighted by molar-refractivity contribution is 0.278. The van der Waals surface area contributed by atoms with E-state index in [2.05, 4.69) is 15.9 Å². The van der Waals surface area contributed by atoms with E-state index in [4.69, 9.17) is 22.1 Å². The van der Waals surface area contributed by atoms with E-state index in [1.807, 2.05) is 12.1 Å². The standard InChI is InChI=1S/C10H11BrClNO.ClH/c11-8-5-7(12)1-2-9(8)14-6-10(13)3-4-10;/h1-2,5H,3-4,6,13H2;1H. The molecule has 1 saturated carbocycles. The second-order valence-corrected chi connectivity index (χ2v) is 5.02. The Balaban J connectivity index is 0.00000112. The molecule has 2 nitrogen and oxygen atoms in total. The quantitative estimate of drug-likeness (QED) is 0.928. The lowest BCUT2D eigenvalue weighted by Crippen LogP contribution is -2.29. The normalized spacial score (nSPS) is 16.7. The maximum absolute atomic E-state index is 5.91. The van der Waals surface area contributed by atoms with Gasteiger partial charge in [-0.1, -0.05) is 11.6 Å². The molecule has 5 heteroatoms. The summed E-state index contributed by atoms with van der Waals surface area (Å²) in [6.45, 7) is 0.577. The molecule has 1 aliphatic rings. The minimum atomic E-state index is -0.0842. The predicted octanol–water partition coefficient (Wildman–Crippen LogP) is 3.39. The first-order valence-electron chi connectivity index (χ1n) is 4.46. The first kappa shape index (κ1) is 13.1. The van der Waals surface area contributed by atoms with Gasteiger partial charge in [0.15, 0.2) is 0 Å². The minimum absolute atomic E-state index is 0. The molecule has 0 heterocycles. The van der Waals surface area contributed by atoms with E-state index in [0.29, 0.717) is 11.6 Å². The maximum Gasteiger partial charge on any atom is 0.133 e. The van der Waals surface area contributed by atoms with E-state index in [1.54, 1.807) is 6.07 Å². The number of hydrogen-bond acceptors (Lipinski definition) is 2. The summed E-state index contributed by atoms with van der Waals surface area (Å²) in [5, 5.41) is 0.693. The van der Waals surface area contributed by atoms with Gasteiger partial charge in [-0.25, -0.2) is 0 Å². The van der Waals surface area contributed by atoms with Crippen LogP contribution in [0.25, 0.3) is 0 Å². The Labute approximate surface area is 109 Å². The van der Waals surface area contributed by atoms with Crippen molar-refractivity contribution < 1.29 is 4.74 Å². The Morgan fingerprint density at radius 1 is 1.47 bits per heavy atom. The van der Waals surface area contributed by atoms with Crippen molar-refractivity contribution in [3.8, 4) is 5.75 Å². The highest BCUT2D eigenvalue weighted by atomic mass is 79.9. The lowest BCUT2D eigenvalue weighted by Gasteiger charge is -2.12. The van der Waals surface area contributed by atoms with Crippen LogP contribution in [0.1, 0.15) is 12.8 Å². The van der Waals surface area contributed by atoms with Gasteiger partial charge in [0.05, 0.1) is 10.0 Å². The van der Waals surface area contributed by atoms with Gasteiger partial charge in [0.1, 0.15) is 12.4 Å². The molecule has 0 bridgehead atoms. The molecule has 0 amide bonds. The molecule has 0 radical (unpaired) electrons. The van der Waals surface area contributed by atoms with Crippen molar-refractivity contribution in [3.63, 3.8) is 0 Å². The van der Waals surface area contributed by atoms with Crippen molar-refractivity contribution in [2.24, 2.45) is 5.73 Å². The first-order valence-corrected chi connectivity index (χ1v) is 5.63. The van der Waals surface area contributed by atoms with Crippen molar-refractivity contribution in [1.82, 2.24) is 0 Å². The third kappa shape index (κ3) is 3.52. The van der Waals surface area contributed by atoms with Crippen LogP contribution in [0.3, 0.4) is 0 Å². The summed E-state index contributed by atoms with van der Waals surface area (Å²) in [4.78, 5) is 0. The molecule has 1 fully saturated rings. The average molecular weight is 313 g/mol. The number of nitrogens with two attached hydrogens (primary N) is 1. The largest absolute Gasteiger partial charge is 0.490 e. The third-order valence-electron chi connectivity index (χ3n) is 2.30. The van der Waals surface area contributed by atoms with Crippen LogP contribution < -0.4 is 10.5 Å². The number of benzene rings is 1. The van der Waals surface area contributed by atoms with Gasteiger partial charge in [-0.3, -0.25) is 0 Å². The zero-order chi connectivity index (χ0) is 10.2. The fourth-order valence-corrected chi connectivity index (χ4v) is 1.92. The molecule has 0 saturated heterocycles. The van der Waals surface area contributed by atoms with Crippen molar-refractivity contribution in [2.45, 2.75) is 18.4 Å². The summed E-state index contributed by atoms with van der Waals surface area (Å²) in [6.07, 6.45) is 2.11. The SMILES string of the molecule is Cl.NC1(COc2ccc(Cl)cc2Br)CC1. The zero-order valence-corrected chi connectivity index (χ0v) is 11.2. The summed E-state index contributed by atoms with van der Waals surface area (Å²) in [5.41, 5.74) is 5.82. The van der Waals surface area contributed by atoms with E-state index < -0.39 is 0 Å². The number of rotatable bonds is 3. The molecule has 0 aromatic heterocycles. The summed E-state index contributed by atoms with van der Waals surface area (Å²) < 4.78 is 6.46. The fourth-order valence-electron chi connectivity index (χ4n) is 1.12. The Bertz CT molecular complexity index is 355. The summed E-state index contributed by atoms with van der Waals surface area (Å²) in [6, 6.07) is 5.46. The minimum Gasteiger partial charge on any atom is -0.490 e. The second-order valence-electron chi connectivity index (χ2n) is 3.73. The van der Waals surface area contributed by atoms with Gasteiger partial charge in [0.25, 0.3) is 0 Å². The van der Waals surface area contributed by atoms with Crippen LogP contribution >= 0.6 is 39.9 Å². The molecule has 2 rings (SSSR count). The van der Waals surface area contributed by atoms with Crippen LogP contribution in [0.2, 0.25) is 5.02 Å². The Morgan fingerprint density at radius 3 is 2.67 bits per heavy atom. The van der Waals surface area contributed by atoms with Gasteiger partial charge in [0.2, 0.25) is 0 Å². The predicted molar refractivity (Wildman–Crippen MR) is 68.0 cm³/mol.